The van der Waals surface area contributed by atoms with Gasteiger partial charge in [-0.3, -0.25) is 4.79 Å². The number of benzene rings is 1. The number of thiophene rings is 1. The average molecular weight is 371 g/mol. The van der Waals surface area contributed by atoms with Crippen molar-refractivity contribution in [2.24, 2.45) is 0 Å². The summed E-state index contributed by atoms with van der Waals surface area (Å²) < 4.78 is 11.3. The van der Waals surface area contributed by atoms with Gasteiger partial charge in [-0.05, 0) is 33.4 Å². The van der Waals surface area contributed by atoms with Gasteiger partial charge in [-0.15, -0.1) is 11.3 Å². The van der Waals surface area contributed by atoms with E-state index in [0.717, 1.165) is 9.35 Å². The monoisotopic (exact) mass is 370 g/mol. The second kappa shape index (κ2) is 6.82. The number of hydrogen-bond donors (Lipinski definition) is 2. The molecule has 0 unspecified atom stereocenters. The summed E-state index contributed by atoms with van der Waals surface area (Å²) in [7, 11) is 3.02. The van der Waals surface area contributed by atoms with Crippen molar-refractivity contribution in [2.75, 3.05) is 20.0 Å². The van der Waals surface area contributed by atoms with Gasteiger partial charge in [0.1, 0.15) is 11.5 Å². The van der Waals surface area contributed by atoms with Crippen LogP contribution in [-0.2, 0) is 6.54 Å². The molecule has 112 valence electrons. The first-order valence-electron chi connectivity index (χ1n) is 6.08. The SMILES string of the molecule is COc1cc(OC)c(N)c(C(=O)NCc2sccc2Br)c1. The first-order chi connectivity index (χ1) is 10.1. The number of anilines is 1. The molecule has 3 N–H and O–H groups in total. The van der Waals surface area contributed by atoms with Crippen molar-refractivity contribution in [3.8, 4) is 11.5 Å². The van der Waals surface area contributed by atoms with Crippen molar-refractivity contribution in [1.82, 2.24) is 5.32 Å². The summed E-state index contributed by atoms with van der Waals surface area (Å²) in [5, 5.41) is 4.79. The zero-order chi connectivity index (χ0) is 15.4. The Kier molecular flexibility index (Phi) is 5.08. The van der Waals surface area contributed by atoms with Crippen LogP contribution in [0.4, 0.5) is 5.69 Å². The third-order valence-electron chi connectivity index (χ3n) is 2.92. The van der Waals surface area contributed by atoms with E-state index in [4.69, 9.17) is 15.2 Å². The normalized spacial score (nSPS) is 10.2. The topological polar surface area (TPSA) is 73.6 Å². The van der Waals surface area contributed by atoms with Gasteiger partial charge in [-0.2, -0.15) is 0 Å². The largest absolute Gasteiger partial charge is 0.497 e. The van der Waals surface area contributed by atoms with E-state index in [1.807, 2.05) is 11.4 Å². The Hall–Kier alpha value is -1.73. The number of nitrogens with one attached hydrogen (secondary N) is 1. The van der Waals surface area contributed by atoms with E-state index < -0.39 is 0 Å². The molecule has 0 bridgehead atoms. The molecule has 0 aliphatic heterocycles. The summed E-state index contributed by atoms with van der Waals surface area (Å²) in [6, 6.07) is 5.17. The number of carbonyl (C=O) groups excluding carboxylic acids is 1. The molecule has 1 aromatic heterocycles. The van der Waals surface area contributed by atoms with Crippen molar-refractivity contribution in [3.63, 3.8) is 0 Å². The van der Waals surface area contributed by atoms with E-state index in [1.54, 1.807) is 23.5 Å². The average Bonchev–Trinajstić information content (AvgIpc) is 2.90. The molecule has 1 aromatic carbocycles. The zero-order valence-electron chi connectivity index (χ0n) is 11.6. The highest BCUT2D eigenvalue weighted by atomic mass is 79.9. The van der Waals surface area contributed by atoms with Crippen molar-refractivity contribution in [1.29, 1.82) is 0 Å². The minimum Gasteiger partial charge on any atom is -0.497 e. The van der Waals surface area contributed by atoms with E-state index in [2.05, 4.69) is 21.2 Å². The quantitative estimate of drug-likeness (QED) is 0.793. The first-order valence-corrected chi connectivity index (χ1v) is 7.75. The number of methoxy groups -OCH3 is 2. The van der Waals surface area contributed by atoms with Crippen LogP contribution in [-0.4, -0.2) is 20.1 Å². The molecule has 0 aliphatic rings. The minimum absolute atomic E-state index is 0.273. The van der Waals surface area contributed by atoms with Gasteiger partial charge in [0.05, 0.1) is 32.0 Å². The number of hydrogen-bond acceptors (Lipinski definition) is 5. The third kappa shape index (κ3) is 3.48. The van der Waals surface area contributed by atoms with Crippen LogP contribution >= 0.6 is 27.3 Å². The fourth-order valence-corrected chi connectivity index (χ4v) is 3.22. The van der Waals surface area contributed by atoms with Gasteiger partial charge >= 0.3 is 0 Å². The van der Waals surface area contributed by atoms with Crippen LogP contribution in [0, 0.1) is 0 Å². The molecule has 1 heterocycles. The van der Waals surface area contributed by atoms with Crippen molar-refractivity contribution < 1.29 is 14.3 Å². The molecular weight excluding hydrogens is 356 g/mol. The minimum atomic E-state index is -0.273. The summed E-state index contributed by atoms with van der Waals surface area (Å²) in [4.78, 5) is 13.3. The van der Waals surface area contributed by atoms with E-state index in [-0.39, 0.29) is 5.91 Å². The lowest BCUT2D eigenvalue weighted by molar-refractivity contribution is 0.0951. The molecule has 0 saturated carbocycles. The van der Waals surface area contributed by atoms with Gasteiger partial charge in [0.2, 0.25) is 0 Å². The first kappa shape index (κ1) is 15.7. The second-order valence-electron chi connectivity index (χ2n) is 4.17. The van der Waals surface area contributed by atoms with Crippen LogP contribution in [0.3, 0.4) is 0 Å². The van der Waals surface area contributed by atoms with Crippen LogP contribution in [0.25, 0.3) is 0 Å². The van der Waals surface area contributed by atoms with E-state index in [1.165, 1.54) is 14.2 Å². The number of amides is 1. The van der Waals surface area contributed by atoms with Gasteiger partial charge < -0.3 is 20.5 Å². The van der Waals surface area contributed by atoms with Crippen molar-refractivity contribution in [2.45, 2.75) is 6.54 Å². The summed E-state index contributed by atoms with van der Waals surface area (Å²) in [6.45, 7) is 0.427. The lowest BCUT2D eigenvalue weighted by atomic mass is 10.1. The van der Waals surface area contributed by atoms with Crippen LogP contribution in [0.5, 0.6) is 11.5 Å². The van der Waals surface area contributed by atoms with Crippen LogP contribution in [0.2, 0.25) is 0 Å². The zero-order valence-corrected chi connectivity index (χ0v) is 14.0. The Labute approximate surface area is 135 Å². The standard InChI is InChI=1S/C14H15BrN2O3S/c1-19-8-5-9(13(16)11(6-8)20-2)14(18)17-7-12-10(15)3-4-21-12/h3-6H,7,16H2,1-2H3,(H,17,18). The van der Waals surface area contributed by atoms with E-state index in [0.29, 0.717) is 29.3 Å². The predicted molar refractivity (Wildman–Crippen MR) is 87.1 cm³/mol. The lowest BCUT2D eigenvalue weighted by Crippen LogP contribution is -2.23. The molecule has 0 saturated heterocycles. The number of ether oxygens (including phenoxy) is 2. The molecule has 21 heavy (non-hydrogen) atoms. The van der Waals surface area contributed by atoms with E-state index in [9.17, 15) is 4.79 Å². The second-order valence-corrected chi connectivity index (χ2v) is 6.02. The predicted octanol–water partition coefficient (Wildman–Crippen LogP) is 3.04. The fraction of sp³-hybridized carbons (Fsp3) is 0.214. The highest BCUT2D eigenvalue weighted by molar-refractivity contribution is 9.10. The Bertz CT molecular complexity index is 658. The summed E-state index contributed by atoms with van der Waals surface area (Å²) in [5.74, 6) is 0.658. The molecule has 7 heteroatoms. The molecule has 0 aliphatic carbocycles. The number of nitrogen functional groups attached to an aromatic ring is 1. The van der Waals surface area contributed by atoms with Gasteiger partial charge in [-0.25, -0.2) is 0 Å². The maximum atomic E-state index is 12.3. The molecule has 5 nitrogen and oxygen atoms in total. The smallest absolute Gasteiger partial charge is 0.253 e. The molecule has 0 radical (unpaired) electrons. The highest BCUT2D eigenvalue weighted by Crippen LogP contribution is 2.31. The number of carbonyl (C=O) groups is 1. The maximum absolute atomic E-state index is 12.3. The van der Waals surface area contributed by atoms with Gasteiger partial charge in [0.15, 0.2) is 0 Å². The molecule has 0 spiro atoms. The Balaban J connectivity index is 2.20. The Morgan fingerprint density at radius 2 is 2.14 bits per heavy atom. The molecule has 2 rings (SSSR count). The number of rotatable bonds is 5. The van der Waals surface area contributed by atoms with Gasteiger partial charge in [0.25, 0.3) is 5.91 Å². The van der Waals surface area contributed by atoms with Crippen LogP contribution < -0.4 is 20.5 Å². The Morgan fingerprint density at radius 1 is 1.38 bits per heavy atom. The molecule has 0 atom stereocenters. The number of halogens is 1. The fourth-order valence-electron chi connectivity index (χ4n) is 1.78. The summed E-state index contributed by atoms with van der Waals surface area (Å²) in [6.07, 6.45) is 0. The maximum Gasteiger partial charge on any atom is 0.253 e. The van der Waals surface area contributed by atoms with Gasteiger partial charge in [0, 0.05) is 15.4 Å². The van der Waals surface area contributed by atoms with E-state index >= 15 is 0 Å². The molecule has 0 fully saturated rings. The van der Waals surface area contributed by atoms with Crippen molar-refractivity contribution in [3.05, 3.63) is 38.5 Å². The summed E-state index contributed by atoms with van der Waals surface area (Å²) >= 11 is 4.99. The van der Waals surface area contributed by atoms with Gasteiger partial charge in [-0.1, -0.05) is 0 Å². The van der Waals surface area contributed by atoms with Crippen LogP contribution in [0.15, 0.2) is 28.1 Å². The molecular formula is C14H15BrN2O3S. The highest BCUT2D eigenvalue weighted by Gasteiger charge is 2.16. The third-order valence-corrected chi connectivity index (χ3v) is 4.84. The summed E-state index contributed by atoms with van der Waals surface area (Å²) in [5.41, 5.74) is 6.57. The lowest BCUT2D eigenvalue weighted by Gasteiger charge is -2.12. The van der Waals surface area contributed by atoms with Crippen LogP contribution in [0.1, 0.15) is 15.2 Å². The molecule has 2 aromatic rings. The van der Waals surface area contributed by atoms with Crippen molar-refractivity contribution >= 4 is 38.9 Å². The number of nitrogens with two attached hydrogens (primary N) is 1. The Morgan fingerprint density at radius 3 is 2.71 bits per heavy atom. The molecule has 1 amide bonds.